The number of hydrogen-bond acceptors (Lipinski definition) is 3. The normalized spacial score (nSPS) is 16.6. The molecule has 0 saturated carbocycles. The summed E-state index contributed by atoms with van der Waals surface area (Å²) in [6.07, 6.45) is -13.8. The van der Waals surface area contributed by atoms with Gasteiger partial charge in [-0.25, -0.2) is 0 Å². The van der Waals surface area contributed by atoms with Gasteiger partial charge in [0.1, 0.15) is 0 Å². The van der Waals surface area contributed by atoms with Crippen molar-refractivity contribution in [2.24, 2.45) is 5.92 Å². The van der Waals surface area contributed by atoms with Crippen molar-refractivity contribution >= 4 is 5.91 Å². The lowest BCUT2D eigenvalue weighted by atomic mass is 9.96. The van der Waals surface area contributed by atoms with Crippen molar-refractivity contribution in [3.8, 4) is 0 Å². The van der Waals surface area contributed by atoms with Gasteiger partial charge in [0.05, 0.1) is 11.1 Å². The van der Waals surface area contributed by atoms with Gasteiger partial charge in [0.25, 0.3) is 5.91 Å². The van der Waals surface area contributed by atoms with Crippen LogP contribution < -0.4 is 10.6 Å². The Balaban J connectivity index is 1.77. The first kappa shape index (κ1) is 28.2. The average molecular weight is 507 g/mol. The molecule has 1 saturated heterocycles. The quantitative estimate of drug-likeness (QED) is 0.361. The van der Waals surface area contributed by atoms with Crippen molar-refractivity contribution < 1.29 is 44.3 Å². The van der Waals surface area contributed by atoms with Crippen molar-refractivity contribution in [1.82, 2.24) is 15.5 Å². The highest BCUT2D eigenvalue weighted by molar-refractivity contribution is 5.94. The zero-order chi connectivity index (χ0) is 25.6. The Morgan fingerprint density at radius 1 is 0.882 bits per heavy atom. The molecule has 1 amide bonds. The summed E-state index contributed by atoms with van der Waals surface area (Å²) < 4.78 is 114. The van der Waals surface area contributed by atoms with Gasteiger partial charge >= 0.3 is 18.5 Å². The largest absolute Gasteiger partial charge is 0.416 e. The maximum atomic E-state index is 13.0. The molecule has 1 aliphatic rings. The molecule has 0 spiro atoms. The Labute approximate surface area is 190 Å². The number of nitrogens with zero attached hydrogens (tertiary/aromatic N) is 1. The van der Waals surface area contributed by atoms with E-state index in [4.69, 9.17) is 0 Å². The van der Waals surface area contributed by atoms with Crippen molar-refractivity contribution in [3.63, 3.8) is 0 Å². The van der Waals surface area contributed by atoms with Gasteiger partial charge in [-0.15, -0.1) is 0 Å². The molecule has 1 heterocycles. The summed E-state index contributed by atoms with van der Waals surface area (Å²) in [4.78, 5) is 14.4. The number of rotatable bonds is 9. The van der Waals surface area contributed by atoms with Gasteiger partial charge in [-0.2, -0.15) is 39.5 Å². The second-order valence-electron chi connectivity index (χ2n) is 8.26. The van der Waals surface area contributed by atoms with Gasteiger partial charge in [-0.05, 0) is 63.0 Å². The number of alkyl halides is 9. The van der Waals surface area contributed by atoms with Crippen LogP contribution in [0.25, 0.3) is 0 Å². The molecule has 0 aromatic heterocycles. The van der Waals surface area contributed by atoms with Crippen LogP contribution in [0.1, 0.15) is 47.2 Å². The lowest BCUT2D eigenvalue weighted by molar-refractivity contribution is -0.143. The summed E-state index contributed by atoms with van der Waals surface area (Å²) in [5, 5.41) is 5.37. The molecule has 1 aromatic carbocycles. The standard InChI is InChI=1S/C21H26F9N3O/c22-19(23,24)4-1-5-31-6-9-33-7-2-14(3-8-33)13-32-18(34)15-10-16(20(25,26)27)12-17(11-15)21(28,29)30/h10-12,14,31H,1-9,13H2,(H,32,34). The topological polar surface area (TPSA) is 44.4 Å². The molecule has 1 aromatic rings. The molecular weight excluding hydrogens is 481 g/mol. The highest BCUT2D eigenvalue weighted by Gasteiger charge is 2.37. The van der Waals surface area contributed by atoms with Crippen LogP contribution in [-0.4, -0.2) is 56.3 Å². The fourth-order valence-electron chi connectivity index (χ4n) is 3.62. The molecule has 0 atom stereocenters. The van der Waals surface area contributed by atoms with Crippen molar-refractivity contribution in [2.45, 2.75) is 44.2 Å². The number of amides is 1. The second kappa shape index (κ2) is 11.6. The zero-order valence-electron chi connectivity index (χ0n) is 18.1. The summed E-state index contributed by atoms with van der Waals surface area (Å²) >= 11 is 0. The number of carbonyl (C=O) groups is 1. The van der Waals surface area contributed by atoms with Gasteiger partial charge in [0.2, 0.25) is 0 Å². The molecule has 34 heavy (non-hydrogen) atoms. The number of halogens is 9. The van der Waals surface area contributed by atoms with E-state index in [1.807, 2.05) is 0 Å². The second-order valence-corrected chi connectivity index (χ2v) is 8.26. The number of likely N-dealkylation sites (tertiary alicyclic amines) is 1. The first-order valence-corrected chi connectivity index (χ1v) is 10.7. The van der Waals surface area contributed by atoms with E-state index in [0.29, 0.717) is 51.2 Å². The van der Waals surface area contributed by atoms with Gasteiger partial charge in [-0.3, -0.25) is 4.79 Å². The summed E-state index contributed by atoms with van der Waals surface area (Å²) in [5.74, 6) is -1.00. The van der Waals surface area contributed by atoms with E-state index in [0.717, 1.165) is 0 Å². The molecule has 0 bridgehead atoms. The summed E-state index contributed by atoms with van der Waals surface area (Å²) in [6.45, 7) is 2.85. The van der Waals surface area contributed by atoms with Gasteiger partial charge in [0.15, 0.2) is 0 Å². The van der Waals surface area contributed by atoms with E-state index < -0.39 is 47.5 Å². The van der Waals surface area contributed by atoms with Crippen LogP contribution >= 0.6 is 0 Å². The van der Waals surface area contributed by atoms with Gasteiger partial charge < -0.3 is 15.5 Å². The number of benzene rings is 1. The first-order valence-electron chi connectivity index (χ1n) is 10.7. The van der Waals surface area contributed by atoms with Crippen molar-refractivity contribution in [3.05, 3.63) is 34.9 Å². The third kappa shape index (κ3) is 9.69. The molecule has 0 aliphatic carbocycles. The Kier molecular flexibility index (Phi) is 9.63. The molecule has 1 fully saturated rings. The molecule has 1 aliphatic heterocycles. The number of hydrogen-bond donors (Lipinski definition) is 2. The lowest BCUT2D eigenvalue weighted by Gasteiger charge is -2.32. The van der Waals surface area contributed by atoms with Gasteiger partial charge in [-0.1, -0.05) is 0 Å². The fraction of sp³-hybridized carbons (Fsp3) is 0.667. The van der Waals surface area contributed by atoms with Crippen LogP contribution in [0.4, 0.5) is 39.5 Å². The van der Waals surface area contributed by atoms with E-state index in [1.165, 1.54) is 0 Å². The Morgan fingerprint density at radius 3 is 1.94 bits per heavy atom. The van der Waals surface area contributed by atoms with E-state index in [2.05, 4.69) is 15.5 Å². The summed E-state index contributed by atoms with van der Waals surface area (Å²) in [7, 11) is 0. The fourth-order valence-corrected chi connectivity index (χ4v) is 3.62. The average Bonchev–Trinajstić information content (AvgIpc) is 2.73. The monoisotopic (exact) mass is 507 g/mol. The van der Waals surface area contributed by atoms with E-state index in [-0.39, 0.29) is 31.5 Å². The molecule has 194 valence electrons. The minimum Gasteiger partial charge on any atom is -0.352 e. The minimum atomic E-state index is -5.03. The summed E-state index contributed by atoms with van der Waals surface area (Å²) in [5.41, 5.74) is -3.81. The van der Waals surface area contributed by atoms with Gasteiger partial charge in [0, 0.05) is 31.6 Å². The lowest BCUT2D eigenvalue weighted by Crippen LogP contribution is -2.41. The summed E-state index contributed by atoms with van der Waals surface area (Å²) in [6, 6.07) is 0.765. The smallest absolute Gasteiger partial charge is 0.352 e. The van der Waals surface area contributed by atoms with Crippen LogP contribution in [0.5, 0.6) is 0 Å². The first-order chi connectivity index (χ1) is 15.6. The molecule has 0 radical (unpaired) electrons. The predicted octanol–water partition coefficient (Wildman–Crippen LogP) is 5.10. The van der Waals surface area contributed by atoms with Crippen molar-refractivity contribution in [2.75, 3.05) is 39.3 Å². The predicted molar refractivity (Wildman–Crippen MR) is 106 cm³/mol. The van der Waals surface area contributed by atoms with E-state index in [1.54, 1.807) is 0 Å². The molecule has 2 rings (SSSR count). The number of piperidine rings is 1. The van der Waals surface area contributed by atoms with Crippen LogP contribution in [0.3, 0.4) is 0 Å². The molecule has 13 heteroatoms. The Bertz CT molecular complexity index is 766. The minimum absolute atomic E-state index is 0.00160. The highest BCUT2D eigenvalue weighted by atomic mass is 19.4. The Morgan fingerprint density at radius 2 is 1.44 bits per heavy atom. The Hall–Kier alpha value is -2.02. The third-order valence-electron chi connectivity index (χ3n) is 5.53. The highest BCUT2D eigenvalue weighted by Crippen LogP contribution is 2.36. The maximum Gasteiger partial charge on any atom is 0.416 e. The molecule has 2 N–H and O–H groups in total. The number of nitrogens with one attached hydrogen (secondary N) is 2. The van der Waals surface area contributed by atoms with Crippen molar-refractivity contribution in [1.29, 1.82) is 0 Å². The van der Waals surface area contributed by atoms with Crippen LogP contribution in [0.2, 0.25) is 0 Å². The molecule has 0 unspecified atom stereocenters. The van der Waals surface area contributed by atoms with E-state index in [9.17, 15) is 44.3 Å². The molecular formula is C21H26F9N3O. The zero-order valence-corrected chi connectivity index (χ0v) is 18.1. The van der Waals surface area contributed by atoms with Crippen LogP contribution in [-0.2, 0) is 12.4 Å². The maximum absolute atomic E-state index is 13.0. The third-order valence-corrected chi connectivity index (χ3v) is 5.53. The van der Waals surface area contributed by atoms with Crippen LogP contribution in [0, 0.1) is 5.92 Å². The van der Waals surface area contributed by atoms with E-state index >= 15 is 0 Å². The SMILES string of the molecule is O=C(NCC1CCN(CCNCCCC(F)(F)F)CC1)c1cc(C(F)(F)F)cc(C(F)(F)F)c1. The molecule has 4 nitrogen and oxygen atoms in total. The number of carbonyl (C=O) groups excluding carboxylic acids is 1. The van der Waals surface area contributed by atoms with Crippen LogP contribution in [0.15, 0.2) is 18.2 Å².